The third-order valence-corrected chi connectivity index (χ3v) is 11.6. The Bertz CT molecular complexity index is 1030. The monoisotopic (exact) mass is 715 g/mol. The fourth-order valence-corrected chi connectivity index (χ4v) is 4.21. The summed E-state index contributed by atoms with van der Waals surface area (Å²) in [5.74, 6) is 0.108. The van der Waals surface area contributed by atoms with Crippen molar-refractivity contribution in [3.8, 4) is 0 Å². The largest absolute Gasteiger partial charge is 0.462 e. The second kappa shape index (κ2) is 18.3. The van der Waals surface area contributed by atoms with Gasteiger partial charge in [-0.1, -0.05) is 69.2 Å². The lowest BCUT2D eigenvalue weighted by Gasteiger charge is -2.50. The number of aldehydes is 1. The second-order valence-electron chi connectivity index (χ2n) is 19.8. The standard InChI is InChI=1S/C42H82O8/c1-26(2)38(14,15)46-31(24-43)33(48-40(18,19)28(5)6)35(50-42(22,23)30(9)10)34(49-41(20,21)29(7)8)32(47-39(16,17)27(3)4)25-45-36(44)37(11,12)13/h24,26-35H,25H2,1-23H3/t31?,32?,33-,34+,35?/m0/s1. The summed E-state index contributed by atoms with van der Waals surface area (Å²) in [5, 5.41) is 0. The van der Waals surface area contributed by atoms with E-state index in [2.05, 4.69) is 69.2 Å². The van der Waals surface area contributed by atoms with Gasteiger partial charge in [-0.2, -0.15) is 0 Å². The molecule has 0 aromatic carbocycles. The molecular formula is C42H82O8. The van der Waals surface area contributed by atoms with Gasteiger partial charge in [-0.15, -0.1) is 0 Å². The van der Waals surface area contributed by atoms with E-state index >= 15 is 0 Å². The van der Waals surface area contributed by atoms with Crippen LogP contribution < -0.4 is 0 Å². The Morgan fingerprint density at radius 2 is 0.760 bits per heavy atom. The quantitative estimate of drug-likeness (QED) is 0.0809. The van der Waals surface area contributed by atoms with Crippen molar-refractivity contribution in [3.63, 3.8) is 0 Å². The van der Waals surface area contributed by atoms with Crippen molar-refractivity contribution >= 4 is 12.3 Å². The number of carbonyl (C=O) groups excluding carboxylic acids is 2. The Morgan fingerprint density at radius 3 is 1.08 bits per heavy atom. The zero-order valence-corrected chi connectivity index (χ0v) is 36.8. The maximum atomic E-state index is 13.3. The van der Waals surface area contributed by atoms with Crippen LogP contribution >= 0.6 is 0 Å². The van der Waals surface area contributed by atoms with Crippen LogP contribution in [0.5, 0.6) is 0 Å². The lowest BCUT2D eigenvalue weighted by molar-refractivity contribution is -0.291. The predicted molar refractivity (Wildman–Crippen MR) is 205 cm³/mol. The molecule has 0 aliphatic heterocycles. The summed E-state index contributed by atoms with van der Waals surface area (Å²) in [5.41, 5.74) is -4.11. The van der Waals surface area contributed by atoms with Gasteiger partial charge in [0.05, 0.1) is 33.4 Å². The van der Waals surface area contributed by atoms with Crippen molar-refractivity contribution in [2.45, 2.75) is 218 Å². The number of esters is 1. The summed E-state index contributed by atoms with van der Waals surface area (Å²) < 4.78 is 41.4. The van der Waals surface area contributed by atoms with E-state index in [1.807, 2.05) is 90.0 Å². The Balaban J connectivity index is 8.21. The molecule has 8 heteroatoms. The summed E-state index contributed by atoms with van der Waals surface area (Å²) in [6.45, 7) is 46.7. The highest BCUT2D eigenvalue weighted by Crippen LogP contribution is 2.38. The molecule has 0 aliphatic carbocycles. The highest BCUT2D eigenvalue weighted by molar-refractivity contribution is 5.75. The topological polar surface area (TPSA) is 89.5 Å². The summed E-state index contributed by atoms with van der Waals surface area (Å²) in [6, 6.07) is 0. The summed E-state index contributed by atoms with van der Waals surface area (Å²) in [7, 11) is 0. The highest BCUT2D eigenvalue weighted by Gasteiger charge is 2.51. The van der Waals surface area contributed by atoms with Gasteiger partial charge in [0.1, 0.15) is 37.1 Å². The van der Waals surface area contributed by atoms with Gasteiger partial charge in [0, 0.05) is 0 Å². The van der Waals surface area contributed by atoms with Gasteiger partial charge in [-0.05, 0) is 120 Å². The van der Waals surface area contributed by atoms with Crippen LogP contribution in [0.25, 0.3) is 0 Å². The predicted octanol–water partition coefficient (Wildman–Crippen LogP) is 9.87. The molecule has 0 amide bonds. The molecule has 0 saturated carbocycles. The molecule has 0 heterocycles. The lowest BCUT2D eigenvalue weighted by Crippen LogP contribution is -2.63. The second-order valence-corrected chi connectivity index (χ2v) is 19.8. The first-order valence-corrected chi connectivity index (χ1v) is 19.2. The molecule has 50 heavy (non-hydrogen) atoms. The average Bonchev–Trinajstić information content (AvgIpc) is 2.93. The van der Waals surface area contributed by atoms with Crippen LogP contribution in [0.1, 0.15) is 159 Å². The van der Waals surface area contributed by atoms with E-state index in [1.54, 1.807) is 0 Å². The van der Waals surface area contributed by atoms with Gasteiger partial charge in [-0.25, -0.2) is 0 Å². The first-order chi connectivity index (χ1) is 22.2. The van der Waals surface area contributed by atoms with E-state index in [0.717, 1.165) is 6.29 Å². The van der Waals surface area contributed by atoms with Crippen molar-refractivity contribution in [1.29, 1.82) is 0 Å². The molecule has 0 saturated heterocycles. The zero-order chi connectivity index (χ0) is 40.0. The van der Waals surface area contributed by atoms with E-state index in [-0.39, 0.29) is 42.2 Å². The number of hydrogen-bond donors (Lipinski definition) is 0. The molecule has 0 N–H and O–H groups in total. The van der Waals surface area contributed by atoms with E-state index in [9.17, 15) is 9.59 Å². The van der Waals surface area contributed by atoms with Crippen molar-refractivity contribution in [2.24, 2.45) is 35.0 Å². The minimum atomic E-state index is -1.03. The molecule has 3 unspecified atom stereocenters. The molecule has 0 fully saturated rings. The van der Waals surface area contributed by atoms with Crippen LogP contribution in [0.2, 0.25) is 0 Å². The molecule has 0 bridgehead atoms. The molecule has 0 aromatic rings. The summed E-state index contributed by atoms with van der Waals surface area (Å²) in [6.07, 6.45) is -3.69. The molecule has 0 spiro atoms. The maximum absolute atomic E-state index is 13.3. The molecule has 8 nitrogen and oxygen atoms in total. The smallest absolute Gasteiger partial charge is 0.311 e. The van der Waals surface area contributed by atoms with Crippen molar-refractivity contribution in [2.75, 3.05) is 6.61 Å². The highest BCUT2D eigenvalue weighted by atomic mass is 16.6. The molecule has 0 aliphatic rings. The van der Waals surface area contributed by atoms with Crippen LogP contribution in [0.4, 0.5) is 0 Å². The Morgan fingerprint density at radius 1 is 0.460 bits per heavy atom. The van der Waals surface area contributed by atoms with E-state index < -0.39 is 63.9 Å². The van der Waals surface area contributed by atoms with E-state index in [1.165, 1.54) is 0 Å². The molecule has 0 rings (SSSR count). The van der Waals surface area contributed by atoms with Crippen molar-refractivity contribution < 1.29 is 38.0 Å². The number of hydrogen-bond acceptors (Lipinski definition) is 8. The Kier molecular flexibility index (Phi) is 17.9. The third-order valence-electron chi connectivity index (χ3n) is 11.6. The Hall–Kier alpha value is -1.06. The Labute approximate surface area is 309 Å². The SMILES string of the molecule is CC(C)C(C)(C)OC(C=O)[C@H](OC(C)(C)C(C)C)C(OC(C)(C)C(C)C)[C@H](OC(C)(C)C(C)C)C(COC(=O)C(C)(C)C)OC(C)(C)C(C)C. The van der Waals surface area contributed by atoms with Crippen LogP contribution in [0.15, 0.2) is 0 Å². The molecule has 0 aromatic heterocycles. The number of ether oxygens (including phenoxy) is 6. The minimum Gasteiger partial charge on any atom is -0.462 e. The van der Waals surface area contributed by atoms with Crippen LogP contribution in [-0.2, 0) is 38.0 Å². The number of rotatable bonds is 22. The van der Waals surface area contributed by atoms with E-state index in [0.29, 0.717) is 0 Å². The van der Waals surface area contributed by atoms with Gasteiger partial charge in [0.2, 0.25) is 0 Å². The lowest BCUT2D eigenvalue weighted by atomic mass is 9.88. The first-order valence-electron chi connectivity index (χ1n) is 19.2. The molecule has 5 atom stereocenters. The summed E-state index contributed by atoms with van der Waals surface area (Å²) >= 11 is 0. The van der Waals surface area contributed by atoms with Gasteiger partial charge in [-0.3, -0.25) is 4.79 Å². The fraction of sp³-hybridized carbons (Fsp3) is 0.952. The van der Waals surface area contributed by atoms with Gasteiger partial charge < -0.3 is 33.2 Å². The molecule has 0 radical (unpaired) electrons. The average molecular weight is 715 g/mol. The van der Waals surface area contributed by atoms with E-state index in [4.69, 9.17) is 28.4 Å². The maximum Gasteiger partial charge on any atom is 0.311 e. The fourth-order valence-electron chi connectivity index (χ4n) is 4.21. The van der Waals surface area contributed by atoms with Crippen molar-refractivity contribution in [3.05, 3.63) is 0 Å². The number of carbonyl (C=O) groups is 2. The third kappa shape index (κ3) is 14.4. The van der Waals surface area contributed by atoms with Gasteiger partial charge in [0.15, 0.2) is 6.29 Å². The normalized spacial score (nSPS) is 17.4. The van der Waals surface area contributed by atoms with Crippen molar-refractivity contribution in [1.82, 2.24) is 0 Å². The van der Waals surface area contributed by atoms with Crippen LogP contribution in [0, 0.1) is 35.0 Å². The zero-order valence-electron chi connectivity index (χ0n) is 36.8. The summed E-state index contributed by atoms with van der Waals surface area (Å²) in [4.78, 5) is 26.6. The minimum absolute atomic E-state index is 0.0791. The van der Waals surface area contributed by atoms with Gasteiger partial charge >= 0.3 is 5.97 Å². The van der Waals surface area contributed by atoms with Crippen LogP contribution in [-0.4, -0.2) is 77.4 Å². The molecule has 298 valence electrons. The van der Waals surface area contributed by atoms with Crippen LogP contribution in [0.3, 0.4) is 0 Å². The first kappa shape index (κ1) is 48.9. The van der Waals surface area contributed by atoms with Gasteiger partial charge in [0.25, 0.3) is 0 Å². The molecular weight excluding hydrogens is 632 g/mol.